The van der Waals surface area contributed by atoms with E-state index in [-0.39, 0.29) is 7.92 Å². The molecule has 0 aliphatic heterocycles. The Kier molecular flexibility index (Phi) is 11.4. The second-order valence-corrected chi connectivity index (χ2v) is 19.0. The fraction of sp³-hybridized carbons (Fsp3) is 0.590. The van der Waals surface area contributed by atoms with Crippen molar-refractivity contribution < 1.29 is 9.47 Å². The van der Waals surface area contributed by atoms with Crippen LogP contribution >= 0.6 is 15.8 Å². The highest BCUT2D eigenvalue weighted by Gasteiger charge is 2.43. The van der Waals surface area contributed by atoms with Crippen molar-refractivity contribution in [2.24, 2.45) is 0 Å². The minimum Gasteiger partial charge on any atom is -0.496 e. The fourth-order valence-electron chi connectivity index (χ4n) is 8.37. The molecule has 240 valence electrons. The van der Waals surface area contributed by atoms with Gasteiger partial charge in [-0.3, -0.25) is 0 Å². The maximum Gasteiger partial charge on any atom is 0.124 e. The van der Waals surface area contributed by atoms with Gasteiger partial charge in [0, 0.05) is 11.7 Å². The SMILES string of the molecule is COc1c(C)cc(P(c2cc(C)c(OC)c(C)c2)C2C(C(C)N(C)C)=CC=C2P(C2CCCCC2)C2CCCCC2)cc1C. The van der Waals surface area contributed by atoms with Crippen molar-refractivity contribution in [3.05, 3.63) is 69.6 Å². The highest BCUT2D eigenvalue weighted by molar-refractivity contribution is 7.76. The van der Waals surface area contributed by atoms with Crippen LogP contribution < -0.4 is 20.1 Å². The maximum atomic E-state index is 5.88. The molecule has 5 rings (SSSR count). The van der Waals surface area contributed by atoms with Gasteiger partial charge in [0.05, 0.1) is 14.2 Å². The predicted molar refractivity (Wildman–Crippen MR) is 195 cm³/mol. The van der Waals surface area contributed by atoms with E-state index in [4.69, 9.17) is 9.47 Å². The highest BCUT2D eigenvalue weighted by Crippen LogP contribution is 2.68. The molecule has 2 unspecified atom stereocenters. The molecule has 0 spiro atoms. The van der Waals surface area contributed by atoms with Crippen molar-refractivity contribution in [2.45, 2.75) is 122 Å². The molecule has 2 fully saturated rings. The molecule has 0 radical (unpaired) electrons. The summed E-state index contributed by atoms with van der Waals surface area (Å²) in [6.45, 7) is 11.4. The Morgan fingerprint density at radius 2 is 1.07 bits per heavy atom. The molecular weight excluding hydrogens is 576 g/mol. The normalized spacial score (nSPS) is 20.8. The molecule has 2 aromatic rings. The quantitative estimate of drug-likeness (QED) is 0.243. The lowest BCUT2D eigenvalue weighted by Gasteiger charge is -2.44. The first-order valence-electron chi connectivity index (χ1n) is 17.1. The molecule has 2 atom stereocenters. The number of likely N-dealkylation sites (N-methyl/N-ethyl adjacent to an activating group) is 1. The van der Waals surface area contributed by atoms with Crippen LogP contribution in [0.4, 0.5) is 0 Å². The second kappa shape index (κ2) is 14.8. The van der Waals surface area contributed by atoms with E-state index in [9.17, 15) is 0 Å². The first-order valence-corrected chi connectivity index (χ1v) is 20.0. The Morgan fingerprint density at radius 3 is 1.43 bits per heavy atom. The predicted octanol–water partition coefficient (Wildman–Crippen LogP) is 9.66. The van der Waals surface area contributed by atoms with Crippen molar-refractivity contribution in [1.29, 1.82) is 0 Å². The van der Waals surface area contributed by atoms with Crippen LogP contribution in [0.1, 0.15) is 93.4 Å². The Labute approximate surface area is 271 Å². The average Bonchev–Trinajstić information content (AvgIpc) is 3.41. The molecule has 2 aromatic carbocycles. The molecule has 0 aromatic heterocycles. The van der Waals surface area contributed by atoms with Crippen LogP contribution in [-0.2, 0) is 0 Å². The summed E-state index contributed by atoms with van der Waals surface area (Å²) in [6, 6.07) is 10.2. The third kappa shape index (κ3) is 6.87. The summed E-state index contributed by atoms with van der Waals surface area (Å²) in [7, 11) is 7.21. The van der Waals surface area contributed by atoms with Crippen LogP contribution in [0.3, 0.4) is 0 Å². The van der Waals surface area contributed by atoms with Gasteiger partial charge in [-0.05, 0) is 162 Å². The van der Waals surface area contributed by atoms with Crippen LogP contribution in [0.15, 0.2) is 47.3 Å². The molecule has 3 aliphatic carbocycles. The highest BCUT2D eigenvalue weighted by atomic mass is 31.1. The molecular formula is C39H57NO2P2. The Hall–Kier alpha value is -1.66. The lowest BCUT2D eigenvalue weighted by molar-refractivity contribution is 0.348. The van der Waals surface area contributed by atoms with E-state index in [1.807, 2.05) is 19.5 Å². The third-order valence-electron chi connectivity index (χ3n) is 10.6. The molecule has 2 saturated carbocycles. The number of allylic oxidation sites excluding steroid dienone is 3. The number of nitrogens with zero attached hydrogens (tertiary/aromatic N) is 1. The summed E-state index contributed by atoms with van der Waals surface area (Å²) in [5.41, 5.74) is 8.79. The van der Waals surface area contributed by atoms with Gasteiger partial charge in [-0.25, -0.2) is 0 Å². The maximum absolute atomic E-state index is 5.88. The number of ether oxygens (including phenoxy) is 2. The number of rotatable bonds is 10. The van der Waals surface area contributed by atoms with Crippen LogP contribution in [-0.4, -0.2) is 56.2 Å². The summed E-state index contributed by atoms with van der Waals surface area (Å²) in [5, 5.41) is 4.79. The molecule has 0 saturated heterocycles. The Bertz CT molecular complexity index is 1240. The second-order valence-electron chi connectivity index (χ2n) is 13.9. The molecule has 44 heavy (non-hydrogen) atoms. The summed E-state index contributed by atoms with van der Waals surface area (Å²) in [4.78, 5) is 2.43. The van der Waals surface area contributed by atoms with Gasteiger partial charge in [-0.1, -0.05) is 58.6 Å². The van der Waals surface area contributed by atoms with Gasteiger partial charge in [0.2, 0.25) is 0 Å². The van der Waals surface area contributed by atoms with Gasteiger partial charge in [0.15, 0.2) is 0 Å². The van der Waals surface area contributed by atoms with Crippen molar-refractivity contribution in [3.63, 3.8) is 0 Å². The van der Waals surface area contributed by atoms with Gasteiger partial charge < -0.3 is 14.4 Å². The molecule has 0 heterocycles. The van der Waals surface area contributed by atoms with E-state index in [1.165, 1.54) is 97.1 Å². The van der Waals surface area contributed by atoms with Gasteiger partial charge in [0.1, 0.15) is 11.5 Å². The standard InChI is InChI=1S/C39H57NO2P2/c1-26-22-33(23-27(2)37(26)41-8)44(34-24-28(3)38(42-9)29(4)25-34)39-35(30(5)40(6)7)20-21-36(39)43(31-16-12-10-13-17-31)32-18-14-11-15-19-32/h20-25,30-32,39H,10-19H2,1-9H3. The Balaban J connectivity index is 1.73. The smallest absolute Gasteiger partial charge is 0.124 e. The van der Waals surface area contributed by atoms with Crippen molar-refractivity contribution in [1.82, 2.24) is 4.90 Å². The zero-order valence-corrected chi connectivity index (χ0v) is 30.8. The van der Waals surface area contributed by atoms with Crippen molar-refractivity contribution in [2.75, 3.05) is 28.3 Å². The number of aryl methyl sites for hydroxylation is 4. The third-order valence-corrected chi connectivity index (χ3v) is 17.2. The first kappa shape index (κ1) is 33.7. The summed E-state index contributed by atoms with van der Waals surface area (Å²) in [6.07, 6.45) is 19.5. The number of methoxy groups -OCH3 is 2. The molecule has 3 nitrogen and oxygen atoms in total. The topological polar surface area (TPSA) is 21.7 Å². The van der Waals surface area contributed by atoms with Crippen LogP contribution in [0.5, 0.6) is 11.5 Å². The number of benzene rings is 2. The van der Waals surface area contributed by atoms with Crippen LogP contribution in [0, 0.1) is 27.7 Å². The van der Waals surface area contributed by atoms with Crippen LogP contribution in [0.25, 0.3) is 0 Å². The zero-order chi connectivity index (χ0) is 31.5. The van der Waals surface area contributed by atoms with E-state index < -0.39 is 7.92 Å². The van der Waals surface area contributed by atoms with Gasteiger partial charge in [-0.2, -0.15) is 0 Å². The van der Waals surface area contributed by atoms with E-state index in [2.05, 4.69) is 90.0 Å². The lowest BCUT2D eigenvalue weighted by atomic mass is 9.99. The van der Waals surface area contributed by atoms with E-state index >= 15 is 0 Å². The van der Waals surface area contributed by atoms with Gasteiger partial charge >= 0.3 is 0 Å². The summed E-state index contributed by atoms with van der Waals surface area (Å²) in [5.74, 6) is 2.05. The van der Waals surface area contributed by atoms with E-state index in [1.54, 1.807) is 5.57 Å². The van der Waals surface area contributed by atoms with Crippen molar-refractivity contribution >= 4 is 26.5 Å². The molecule has 0 bridgehead atoms. The van der Waals surface area contributed by atoms with Crippen LogP contribution in [0.2, 0.25) is 0 Å². The fourth-order valence-corrected chi connectivity index (χ4v) is 16.3. The largest absolute Gasteiger partial charge is 0.496 e. The molecule has 0 amide bonds. The number of hydrogen-bond acceptors (Lipinski definition) is 3. The van der Waals surface area contributed by atoms with E-state index in [0.717, 1.165) is 22.8 Å². The summed E-state index contributed by atoms with van der Waals surface area (Å²) >= 11 is 0. The number of hydrogen-bond donors (Lipinski definition) is 0. The lowest BCUT2D eigenvalue weighted by Crippen LogP contribution is -2.35. The van der Waals surface area contributed by atoms with Gasteiger partial charge in [0.25, 0.3) is 0 Å². The minimum atomic E-state index is -0.720. The zero-order valence-electron chi connectivity index (χ0n) is 29.0. The molecule has 3 aliphatic rings. The van der Waals surface area contributed by atoms with E-state index in [0.29, 0.717) is 11.7 Å². The molecule has 0 N–H and O–H groups in total. The first-order chi connectivity index (χ1) is 21.2. The minimum absolute atomic E-state index is 0.213. The average molecular weight is 634 g/mol. The Morgan fingerprint density at radius 1 is 0.659 bits per heavy atom. The summed E-state index contributed by atoms with van der Waals surface area (Å²) < 4.78 is 11.8. The molecule has 5 heteroatoms. The van der Waals surface area contributed by atoms with Crippen molar-refractivity contribution in [3.8, 4) is 11.5 Å². The monoisotopic (exact) mass is 633 g/mol. The van der Waals surface area contributed by atoms with Gasteiger partial charge in [-0.15, -0.1) is 0 Å².